The van der Waals surface area contributed by atoms with Crippen LogP contribution in [-0.4, -0.2) is 78.8 Å². The second kappa shape index (κ2) is 20.8. The molecule has 12 nitrogen and oxygen atoms in total. The van der Waals surface area contributed by atoms with Crippen LogP contribution in [0.5, 0.6) is 0 Å². The zero-order chi connectivity index (χ0) is 38.1. The minimum absolute atomic E-state index is 0.133. The van der Waals surface area contributed by atoms with Crippen LogP contribution in [0.25, 0.3) is 0 Å². The van der Waals surface area contributed by atoms with Gasteiger partial charge >= 0.3 is 18.2 Å². The molecule has 0 unspecified atom stereocenters. The first-order valence-corrected chi connectivity index (χ1v) is 18.1. The summed E-state index contributed by atoms with van der Waals surface area (Å²) < 4.78 is 15.7. The first-order chi connectivity index (χ1) is 24.8. The van der Waals surface area contributed by atoms with Crippen LogP contribution < -0.4 is 16.0 Å². The lowest BCUT2D eigenvalue weighted by Gasteiger charge is -2.29. The minimum Gasteiger partial charge on any atom is -0.467 e. The summed E-state index contributed by atoms with van der Waals surface area (Å²) in [5.74, 6) is -1.63. The maximum absolute atomic E-state index is 14.2. The monoisotopic (exact) mass is 720 g/mol. The van der Waals surface area contributed by atoms with E-state index in [1.165, 1.54) is 7.11 Å². The normalized spacial score (nSPS) is 16.1. The molecule has 0 bridgehead atoms. The Morgan fingerprint density at radius 2 is 1.56 bits per heavy atom. The Labute approximate surface area is 308 Å². The highest BCUT2D eigenvalue weighted by atomic mass is 16.6. The number of alkyl carbamates (subject to hydrolysis) is 2. The average Bonchev–Trinajstić information content (AvgIpc) is 3.60. The summed E-state index contributed by atoms with van der Waals surface area (Å²) in [6.45, 7) is 10.2. The van der Waals surface area contributed by atoms with Crippen LogP contribution >= 0.6 is 0 Å². The van der Waals surface area contributed by atoms with E-state index in [0.29, 0.717) is 38.6 Å². The van der Waals surface area contributed by atoms with Gasteiger partial charge in [0.1, 0.15) is 24.3 Å². The molecule has 1 heterocycles. The van der Waals surface area contributed by atoms with Gasteiger partial charge in [0.15, 0.2) is 0 Å². The van der Waals surface area contributed by atoms with Gasteiger partial charge in [-0.3, -0.25) is 9.59 Å². The molecule has 2 aromatic carbocycles. The molecule has 2 aromatic rings. The Morgan fingerprint density at radius 3 is 2.17 bits per heavy atom. The molecule has 4 amide bonds. The van der Waals surface area contributed by atoms with E-state index >= 15 is 0 Å². The molecule has 12 heteroatoms. The lowest BCUT2D eigenvalue weighted by molar-refractivity contribution is -0.146. The van der Waals surface area contributed by atoms with Crippen molar-refractivity contribution in [2.45, 2.75) is 103 Å². The van der Waals surface area contributed by atoms with Gasteiger partial charge in [0, 0.05) is 13.1 Å². The molecule has 3 N–H and O–H groups in total. The highest BCUT2D eigenvalue weighted by Gasteiger charge is 2.38. The van der Waals surface area contributed by atoms with Gasteiger partial charge in [0.05, 0.1) is 19.1 Å². The average molecular weight is 721 g/mol. The number of esters is 1. The van der Waals surface area contributed by atoms with Gasteiger partial charge in [-0.15, -0.1) is 0 Å². The number of hydrogen-bond donors (Lipinski definition) is 3. The van der Waals surface area contributed by atoms with Crippen molar-refractivity contribution in [3.05, 3.63) is 83.9 Å². The van der Waals surface area contributed by atoms with Gasteiger partial charge < -0.3 is 35.1 Å². The number of carbonyl (C=O) groups is 5. The van der Waals surface area contributed by atoms with Crippen molar-refractivity contribution in [2.75, 3.05) is 20.2 Å². The van der Waals surface area contributed by atoms with Crippen LogP contribution in [0, 0.1) is 11.8 Å². The second-order valence-corrected chi connectivity index (χ2v) is 14.5. The zero-order valence-corrected chi connectivity index (χ0v) is 31.4. The lowest BCUT2D eigenvalue weighted by Crippen LogP contribution is -2.52. The fourth-order valence-corrected chi connectivity index (χ4v) is 5.97. The van der Waals surface area contributed by atoms with Crippen LogP contribution in [-0.2, 0) is 41.6 Å². The van der Waals surface area contributed by atoms with Crippen molar-refractivity contribution in [1.29, 1.82) is 0 Å². The van der Waals surface area contributed by atoms with E-state index in [2.05, 4.69) is 29.8 Å². The van der Waals surface area contributed by atoms with E-state index in [4.69, 9.17) is 14.2 Å². The van der Waals surface area contributed by atoms with Crippen LogP contribution in [0.1, 0.15) is 77.8 Å². The van der Waals surface area contributed by atoms with Gasteiger partial charge in [-0.1, -0.05) is 86.7 Å². The van der Waals surface area contributed by atoms with Crippen molar-refractivity contribution >= 4 is 30.0 Å². The second-order valence-electron chi connectivity index (χ2n) is 14.5. The van der Waals surface area contributed by atoms with Crippen LogP contribution in [0.15, 0.2) is 72.8 Å². The third kappa shape index (κ3) is 14.8. The van der Waals surface area contributed by atoms with Gasteiger partial charge in [0.25, 0.3) is 0 Å². The number of likely N-dealkylation sites (tertiary alicyclic amines) is 1. The molecule has 0 aliphatic carbocycles. The molecule has 284 valence electrons. The Morgan fingerprint density at radius 1 is 0.904 bits per heavy atom. The smallest absolute Gasteiger partial charge is 0.408 e. The summed E-state index contributed by atoms with van der Waals surface area (Å²) in [7, 11) is 1.25. The fraction of sp³-hybridized carbons (Fsp3) is 0.525. The molecule has 1 saturated heterocycles. The Hall–Kier alpha value is -4.87. The van der Waals surface area contributed by atoms with Crippen molar-refractivity contribution in [3.63, 3.8) is 0 Å². The van der Waals surface area contributed by atoms with Gasteiger partial charge in [-0.25, -0.2) is 14.4 Å². The molecular formula is C40H56N4O8. The molecule has 0 spiro atoms. The molecule has 1 aliphatic rings. The first-order valence-electron chi connectivity index (χ1n) is 18.1. The van der Waals surface area contributed by atoms with Crippen molar-refractivity contribution in [3.8, 4) is 0 Å². The predicted octanol–water partition coefficient (Wildman–Crippen LogP) is 5.70. The summed E-state index contributed by atoms with van der Waals surface area (Å²) in [4.78, 5) is 67.0. The topological polar surface area (TPSA) is 152 Å². The van der Waals surface area contributed by atoms with Crippen molar-refractivity contribution in [2.24, 2.45) is 11.8 Å². The SMILES string of the molecule is COC(=O)[C@H](CCCNC(=O)OCc1ccccc1)NC(=O)[C@@H]1CCCN1C(=O)[C@H](/C=C/[C@H](CC(C)C)NC(=O)OC(C)(C)C)Cc1ccccc1. The molecular weight excluding hydrogens is 664 g/mol. The van der Waals surface area contributed by atoms with E-state index in [1.54, 1.807) is 25.7 Å². The van der Waals surface area contributed by atoms with E-state index in [1.807, 2.05) is 72.8 Å². The van der Waals surface area contributed by atoms with E-state index < -0.39 is 47.7 Å². The number of amides is 4. The number of nitrogens with one attached hydrogen (secondary N) is 3. The summed E-state index contributed by atoms with van der Waals surface area (Å²) in [6, 6.07) is 16.8. The Bertz CT molecular complexity index is 1480. The maximum Gasteiger partial charge on any atom is 0.408 e. The highest BCUT2D eigenvalue weighted by Crippen LogP contribution is 2.24. The van der Waals surface area contributed by atoms with Crippen LogP contribution in [0.3, 0.4) is 0 Å². The minimum atomic E-state index is -0.965. The first kappa shape index (κ1) is 41.5. The third-order valence-corrected chi connectivity index (χ3v) is 8.41. The maximum atomic E-state index is 14.2. The molecule has 3 rings (SSSR count). The molecule has 52 heavy (non-hydrogen) atoms. The predicted molar refractivity (Wildman–Crippen MR) is 198 cm³/mol. The highest BCUT2D eigenvalue weighted by molar-refractivity contribution is 5.92. The number of rotatable bonds is 17. The van der Waals surface area contributed by atoms with E-state index in [-0.39, 0.29) is 37.4 Å². The quantitative estimate of drug-likeness (QED) is 0.0816. The summed E-state index contributed by atoms with van der Waals surface area (Å²) in [5.41, 5.74) is 1.15. The number of carbonyl (C=O) groups excluding carboxylic acids is 5. The van der Waals surface area contributed by atoms with Gasteiger partial charge in [-0.2, -0.15) is 0 Å². The van der Waals surface area contributed by atoms with E-state index in [9.17, 15) is 24.0 Å². The van der Waals surface area contributed by atoms with Crippen molar-refractivity contribution < 1.29 is 38.2 Å². The van der Waals surface area contributed by atoms with Crippen molar-refractivity contribution in [1.82, 2.24) is 20.9 Å². The van der Waals surface area contributed by atoms with Gasteiger partial charge in [-0.05, 0) is 76.3 Å². The molecule has 1 fully saturated rings. The molecule has 0 saturated carbocycles. The van der Waals surface area contributed by atoms with Crippen LogP contribution in [0.4, 0.5) is 9.59 Å². The standard InChI is InChI=1S/C40H56N4O8/c1-28(2)25-32(42-39(49)52-40(3,4)5)22-21-31(26-29-15-9-7-10-16-29)36(46)44-24-14-20-34(44)35(45)43-33(37(47)50-6)19-13-23-41-38(48)51-27-30-17-11-8-12-18-30/h7-12,15-18,21-22,28,31-34H,13-14,19-20,23-27H2,1-6H3,(H,41,48)(H,42,49)(H,43,45)/b22-21+/t31-,32-,33+,34+/m1/s1. The van der Waals surface area contributed by atoms with E-state index in [0.717, 1.165) is 11.1 Å². The lowest BCUT2D eigenvalue weighted by atomic mass is 9.95. The largest absolute Gasteiger partial charge is 0.467 e. The fourth-order valence-electron chi connectivity index (χ4n) is 5.97. The zero-order valence-electron chi connectivity index (χ0n) is 31.4. The molecule has 0 aromatic heterocycles. The van der Waals surface area contributed by atoms with Gasteiger partial charge in [0.2, 0.25) is 11.8 Å². The number of methoxy groups -OCH3 is 1. The third-order valence-electron chi connectivity index (χ3n) is 8.41. The Kier molecular flexibility index (Phi) is 16.7. The number of ether oxygens (including phenoxy) is 3. The Balaban J connectivity index is 1.67. The van der Waals surface area contributed by atoms with Crippen LogP contribution in [0.2, 0.25) is 0 Å². The number of nitrogens with zero attached hydrogens (tertiary/aromatic N) is 1. The summed E-state index contributed by atoms with van der Waals surface area (Å²) >= 11 is 0. The summed E-state index contributed by atoms with van der Waals surface area (Å²) in [6.07, 6.45) is 5.22. The molecule has 1 aliphatic heterocycles. The number of benzene rings is 2. The number of hydrogen-bond acceptors (Lipinski definition) is 8. The summed E-state index contributed by atoms with van der Waals surface area (Å²) in [5, 5.41) is 8.39. The molecule has 0 radical (unpaired) electrons. The molecule has 4 atom stereocenters.